The van der Waals surface area contributed by atoms with Gasteiger partial charge in [0.05, 0.1) is 13.7 Å². The van der Waals surface area contributed by atoms with Crippen molar-refractivity contribution in [3.05, 3.63) is 45.6 Å². The number of hydrogen-bond donors (Lipinski definition) is 2. The fourth-order valence-electron chi connectivity index (χ4n) is 3.29. The Labute approximate surface area is 147 Å². The Hall–Kier alpha value is -1.56. The molecule has 0 bridgehead atoms. The van der Waals surface area contributed by atoms with Gasteiger partial charge in [-0.15, -0.1) is 11.3 Å². The lowest BCUT2D eigenvalue weighted by molar-refractivity contribution is 0.196. The first-order chi connectivity index (χ1) is 11.7. The highest BCUT2D eigenvalue weighted by atomic mass is 32.1. The van der Waals surface area contributed by atoms with Crippen LogP contribution in [-0.4, -0.2) is 25.4 Å². The van der Waals surface area contributed by atoms with E-state index in [9.17, 15) is 0 Å². The number of fused-ring (bicyclic) bond motifs is 1. The summed E-state index contributed by atoms with van der Waals surface area (Å²) in [5.41, 5.74) is 2.64. The van der Waals surface area contributed by atoms with Crippen LogP contribution in [0.25, 0.3) is 0 Å². The van der Waals surface area contributed by atoms with Crippen LogP contribution in [-0.2, 0) is 6.42 Å². The Morgan fingerprint density at radius 3 is 3.00 bits per heavy atom. The van der Waals surface area contributed by atoms with Crippen LogP contribution in [0.4, 0.5) is 0 Å². The molecule has 0 amide bonds. The number of nitrogens with one attached hydrogen (secondary N) is 1. The van der Waals surface area contributed by atoms with E-state index in [0.29, 0.717) is 17.5 Å². The van der Waals surface area contributed by atoms with Crippen molar-refractivity contribution in [1.29, 1.82) is 0 Å². The molecule has 0 saturated carbocycles. The lowest BCUT2D eigenvalue weighted by atomic mass is 9.93. The van der Waals surface area contributed by atoms with Crippen LogP contribution < -0.4 is 14.8 Å². The zero-order valence-electron chi connectivity index (χ0n) is 14.2. The number of aliphatic hydroxyl groups excluding tert-OH is 1. The second-order valence-corrected chi connectivity index (χ2v) is 7.12. The Morgan fingerprint density at radius 2 is 2.21 bits per heavy atom. The van der Waals surface area contributed by atoms with Crippen molar-refractivity contribution in [2.24, 2.45) is 0 Å². The average Bonchev–Trinajstić information content (AvgIpc) is 3.09. The Bertz CT molecular complexity index is 670. The van der Waals surface area contributed by atoms with Gasteiger partial charge in [0.1, 0.15) is 6.61 Å². The van der Waals surface area contributed by atoms with Crippen molar-refractivity contribution in [3.63, 3.8) is 0 Å². The number of aliphatic hydroxyl groups is 1. The molecule has 0 spiro atoms. The van der Waals surface area contributed by atoms with Gasteiger partial charge in [0.15, 0.2) is 11.5 Å². The maximum atomic E-state index is 8.90. The minimum absolute atomic E-state index is 0.00643. The molecule has 2 unspecified atom stereocenters. The van der Waals surface area contributed by atoms with Crippen molar-refractivity contribution < 1.29 is 14.6 Å². The normalized spacial score (nSPS) is 18.0. The summed E-state index contributed by atoms with van der Waals surface area (Å²) >= 11 is 1.87. The summed E-state index contributed by atoms with van der Waals surface area (Å²) < 4.78 is 10.9. The summed E-state index contributed by atoms with van der Waals surface area (Å²) in [6.07, 6.45) is 3.64. The van der Waals surface area contributed by atoms with Crippen LogP contribution in [0, 0.1) is 0 Å². The monoisotopic (exact) mass is 347 g/mol. The van der Waals surface area contributed by atoms with Gasteiger partial charge >= 0.3 is 0 Å². The molecule has 130 valence electrons. The highest BCUT2D eigenvalue weighted by molar-refractivity contribution is 7.10. The molecular weight excluding hydrogens is 322 g/mol. The fourth-order valence-corrected chi connectivity index (χ4v) is 4.27. The predicted octanol–water partition coefficient (Wildman–Crippen LogP) is 3.86. The van der Waals surface area contributed by atoms with Gasteiger partial charge in [-0.2, -0.15) is 0 Å². The van der Waals surface area contributed by atoms with Gasteiger partial charge in [-0.1, -0.05) is 6.07 Å². The molecule has 0 saturated heterocycles. The summed E-state index contributed by atoms with van der Waals surface area (Å²) in [7, 11) is 1.64. The molecule has 1 aromatic heterocycles. The van der Waals surface area contributed by atoms with E-state index in [4.69, 9.17) is 14.6 Å². The van der Waals surface area contributed by atoms with Crippen molar-refractivity contribution >= 4 is 11.3 Å². The summed E-state index contributed by atoms with van der Waals surface area (Å²) in [4.78, 5) is 1.52. The van der Waals surface area contributed by atoms with E-state index >= 15 is 0 Å². The second-order valence-electron chi connectivity index (χ2n) is 6.11. The van der Waals surface area contributed by atoms with E-state index in [2.05, 4.69) is 29.8 Å². The number of rotatable bonds is 7. The number of methoxy groups -OCH3 is 1. The first-order valence-corrected chi connectivity index (χ1v) is 9.34. The number of benzene rings is 1. The molecule has 0 fully saturated rings. The van der Waals surface area contributed by atoms with Gasteiger partial charge in [-0.25, -0.2) is 0 Å². The highest BCUT2D eigenvalue weighted by Gasteiger charge is 2.23. The van der Waals surface area contributed by atoms with Gasteiger partial charge in [-0.3, -0.25) is 0 Å². The second kappa shape index (κ2) is 8.01. The molecule has 24 heavy (non-hydrogen) atoms. The Balaban J connectivity index is 1.72. The van der Waals surface area contributed by atoms with Crippen LogP contribution in [0.3, 0.4) is 0 Å². The van der Waals surface area contributed by atoms with Gasteiger partial charge in [0, 0.05) is 17.0 Å². The lowest BCUT2D eigenvalue weighted by Gasteiger charge is -2.27. The van der Waals surface area contributed by atoms with E-state index in [-0.39, 0.29) is 19.3 Å². The first kappa shape index (κ1) is 17.3. The molecular formula is C19H25NO3S. The molecule has 2 atom stereocenters. The minimum atomic E-state index is -0.00643. The van der Waals surface area contributed by atoms with E-state index in [1.807, 2.05) is 23.5 Å². The molecule has 1 aliphatic rings. The van der Waals surface area contributed by atoms with E-state index in [1.54, 1.807) is 7.11 Å². The van der Waals surface area contributed by atoms with Crippen molar-refractivity contribution in [3.8, 4) is 11.5 Å². The van der Waals surface area contributed by atoms with Crippen molar-refractivity contribution in [2.75, 3.05) is 20.3 Å². The third kappa shape index (κ3) is 3.74. The number of aryl methyl sites for hydroxylation is 1. The third-order valence-electron chi connectivity index (χ3n) is 4.54. The summed E-state index contributed by atoms with van der Waals surface area (Å²) in [5.74, 6) is 1.37. The molecule has 1 aromatic carbocycles. The first-order valence-electron chi connectivity index (χ1n) is 8.47. The van der Waals surface area contributed by atoms with Gasteiger partial charge in [0.2, 0.25) is 0 Å². The van der Waals surface area contributed by atoms with E-state index < -0.39 is 0 Å². The van der Waals surface area contributed by atoms with Crippen LogP contribution in [0.15, 0.2) is 29.6 Å². The summed E-state index contributed by atoms with van der Waals surface area (Å²) in [5, 5.41) is 14.9. The highest BCUT2D eigenvalue weighted by Crippen LogP contribution is 2.36. The van der Waals surface area contributed by atoms with Crippen LogP contribution in [0.2, 0.25) is 0 Å². The predicted molar refractivity (Wildman–Crippen MR) is 97.1 cm³/mol. The smallest absolute Gasteiger partial charge is 0.161 e. The molecule has 3 rings (SSSR count). The van der Waals surface area contributed by atoms with Crippen molar-refractivity contribution in [2.45, 2.75) is 38.3 Å². The fraction of sp³-hybridized carbons (Fsp3) is 0.474. The van der Waals surface area contributed by atoms with Gasteiger partial charge in [0.25, 0.3) is 0 Å². The van der Waals surface area contributed by atoms with E-state index in [0.717, 1.165) is 0 Å². The van der Waals surface area contributed by atoms with Crippen LogP contribution >= 0.6 is 11.3 Å². The zero-order chi connectivity index (χ0) is 16.9. The van der Waals surface area contributed by atoms with Gasteiger partial charge in [-0.05, 0) is 60.9 Å². The summed E-state index contributed by atoms with van der Waals surface area (Å²) in [6, 6.07) is 8.90. The standard InChI is InChI=1S/C19H25NO3S/c1-13(20-16-4-3-5-19-15(16)8-11-24-19)14-6-7-17(23-10-9-21)18(12-14)22-2/h6-8,11-13,16,20-21H,3-5,9-10H2,1-2H3. The average molecular weight is 347 g/mol. The molecule has 2 N–H and O–H groups in total. The zero-order valence-corrected chi connectivity index (χ0v) is 15.1. The van der Waals surface area contributed by atoms with E-state index in [1.165, 1.54) is 35.3 Å². The van der Waals surface area contributed by atoms with Crippen LogP contribution in [0.5, 0.6) is 11.5 Å². The molecule has 5 heteroatoms. The Morgan fingerprint density at radius 1 is 1.33 bits per heavy atom. The number of ether oxygens (including phenoxy) is 2. The Kier molecular flexibility index (Phi) is 5.76. The van der Waals surface area contributed by atoms with Gasteiger partial charge < -0.3 is 19.9 Å². The van der Waals surface area contributed by atoms with Crippen molar-refractivity contribution in [1.82, 2.24) is 5.32 Å². The lowest BCUT2D eigenvalue weighted by Crippen LogP contribution is -2.27. The van der Waals surface area contributed by atoms with Crippen LogP contribution in [0.1, 0.15) is 47.9 Å². The minimum Gasteiger partial charge on any atom is -0.493 e. The third-order valence-corrected chi connectivity index (χ3v) is 5.54. The number of thiophene rings is 1. The largest absolute Gasteiger partial charge is 0.493 e. The summed E-state index contributed by atoms with van der Waals surface area (Å²) in [6.45, 7) is 2.45. The molecule has 2 aromatic rings. The maximum Gasteiger partial charge on any atom is 0.161 e. The molecule has 1 aliphatic carbocycles. The number of hydrogen-bond acceptors (Lipinski definition) is 5. The topological polar surface area (TPSA) is 50.7 Å². The molecule has 4 nitrogen and oxygen atoms in total. The maximum absolute atomic E-state index is 8.90. The quantitative estimate of drug-likeness (QED) is 0.799. The molecule has 1 heterocycles. The molecule has 0 aliphatic heterocycles. The molecule has 0 radical (unpaired) electrons. The SMILES string of the molecule is COc1cc(C(C)NC2CCCc3sccc32)ccc1OCCO.